The molecule has 0 saturated heterocycles. The first-order valence-electron chi connectivity index (χ1n) is 3.45. The van der Waals surface area contributed by atoms with Crippen molar-refractivity contribution in [3.05, 3.63) is 31.4 Å². The highest BCUT2D eigenvalue weighted by molar-refractivity contribution is 4.65. The molecule has 0 unspecified atom stereocenters. The van der Waals surface area contributed by atoms with Gasteiger partial charge in [0.2, 0.25) is 6.33 Å². The Bertz CT molecular complexity index is 213. The molecule has 0 spiro atoms. The fourth-order valence-corrected chi connectivity index (χ4v) is 0.874. The third-order valence-electron chi connectivity index (χ3n) is 1.42. The molecule has 1 heterocycles. The lowest BCUT2D eigenvalue weighted by molar-refractivity contribution is -0.695. The molecule has 2 heteroatoms. The third-order valence-corrected chi connectivity index (χ3v) is 1.42. The summed E-state index contributed by atoms with van der Waals surface area (Å²) in [7, 11) is 2.02. The number of nitrogens with zero attached hydrogens (tertiary/aromatic N) is 2. The van der Waals surface area contributed by atoms with Crippen LogP contribution in [0.4, 0.5) is 0 Å². The van der Waals surface area contributed by atoms with Gasteiger partial charge in [-0.1, -0.05) is 6.08 Å². The maximum atomic E-state index is 3.66. The van der Waals surface area contributed by atoms with Crippen LogP contribution in [0.5, 0.6) is 0 Å². The van der Waals surface area contributed by atoms with Crippen LogP contribution in [0.3, 0.4) is 0 Å². The second-order valence-corrected chi connectivity index (χ2v) is 2.39. The van der Waals surface area contributed by atoms with E-state index in [0.717, 1.165) is 13.0 Å². The minimum absolute atomic E-state index is 1.03. The summed E-state index contributed by atoms with van der Waals surface area (Å²) in [5.74, 6) is 0. The van der Waals surface area contributed by atoms with E-state index >= 15 is 0 Å². The van der Waals surface area contributed by atoms with E-state index in [1.54, 1.807) is 0 Å². The Morgan fingerprint density at radius 2 is 2.50 bits per heavy atom. The van der Waals surface area contributed by atoms with Gasteiger partial charge < -0.3 is 0 Å². The van der Waals surface area contributed by atoms with Crippen molar-refractivity contribution in [2.75, 3.05) is 0 Å². The molecule has 0 aliphatic heterocycles. The molecule has 0 N–H and O–H groups in total. The largest absolute Gasteiger partial charge is 0.243 e. The van der Waals surface area contributed by atoms with Gasteiger partial charge in [-0.25, -0.2) is 9.13 Å². The van der Waals surface area contributed by atoms with Crippen LogP contribution in [0.2, 0.25) is 0 Å². The third kappa shape index (κ3) is 1.72. The molecule has 0 amide bonds. The first-order valence-corrected chi connectivity index (χ1v) is 3.45. The van der Waals surface area contributed by atoms with Crippen molar-refractivity contribution in [1.82, 2.24) is 4.57 Å². The lowest BCUT2D eigenvalue weighted by Crippen LogP contribution is -2.30. The lowest BCUT2D eigenvalue weighted by Gasteiger charge is -1.88. The van der Waals surface area contributed by atoms with Crippen LogP contribution >= 0.6 is 0 Å². The predicted molar refractivity (Wildman–Crippen MR) is 40.4 cm³/mol. The molecular formula is C8H13N2+. The minimum atomic E-state index is 1.03. The molecule has 2 nitrogen and oxygen atoms in total. The molecule has 0 radical (unpaired) electrons. The van der Waals surface area contributed by atoms with Gasteiger partial charge in [-0.05, 0) is 0 Å². The van der Waals surface area contributed by atoms with Crippen LogP contribution in [0, 0.1) is 0 Å². The monoisotopic (exact) mass is 137 g/mol. The Morgan fingerprint density at radius 1 is 1.70 bits per heavy atom. The highest BCUT2D eigenvalue weighted by Gasteiger charge is 1.95. The van der Waals surface area contributed by atoms with E-state index < -0.39 is 0 Å². The number of allylic oxidation sites excluding steroid dienone is 1. The summed E-state index contributed by atoms with van der Waals surface area (Å²) < 4.78 is 4.17. The molecule has 54 valence electrons. The van der Waals surface area contributed by atoms with Gasteiger partial charge in [0.1, 0.15) is 12.4 Å². The standard InChI is InChI=1S/C8H13N2/c1-3-4-5-10-7-6-9(2)8-10/h3,6-8H,1,4-5H2,2H3/q+1. The van der Waals surface area contributed by atoms with E-state index in [2.05, 4.69) is 23.7 Å². The topological polar surface area (TPSA) is 8.81 Å². The van der Waals surface area contributed by atoms with Crippen LogP contribution in [0.15, 0.2) is 31.4 Å². The summed E-state index contributed by atoms with van der Waals surface area (Å²) in [4.78, 5) is 0. The van der Waals surface area contributed by atoms with Crippen molar-refractivity contribution in [1.29, 1.82) is 0 Å². The Hall–Kier alpha value is -1.05. The number of aromatic nitrogens is 2. The van der Waals surface area contributed by atoms with E-state index in [0.29, 0.717) is 0 Å². The first-order chi connectivity index (χ1) is 4.83. The molecule has 0 aromatic carbocycles. The van der Waals surface area contributed by atoms with E-state index in [9.17, 15) is 0 Å². The Labute approximate surface area is 61.4 Å². The molecular weight excluding hydrogens is 124 g/mol. The zero-order valence-electron chi connectivity index (χ0n) is 6.33. The van der Waals surface area contributed by atoms with Crippen LogP contribution in [0.1, 0.15) is 6.42 Å². The summed E-state index contributed by atoms with van der Waals surface area (Å²) in [6.07, 6.45) is 9.12. The molecule has 10 heavy (non-hydrogen) atoms. The van der Waals surface area contributed by atoms with Crippen LogP contribution in [-0.4, -0.2) is 4.57 Å². The van der Waals surface area contributed by atoms with E-state index in [-0.39, 0.29) is 0 Å². The van der Waals surface area contributed by atoms with E-state index in [1.165, 1.54) is 0 Å². The number of rotatable bonds is 3. The van der Waals surface area contributed by atoms with Crippen LogP contribution in [-0.2, 0) is 13.6 Å². The second kappa shape index (κ2) is 3.20. The maximum absolute atomic E-state index is 3.66. The highest BCUT2D eigenvalue weighted by atomic mass is 15.1. The first kappa shape index (κ1) is 7.06. The lowest BCUT2D eigenvalue weighted by atomic mass is 10.4. The van der Waals surface area contributed by atoms with Crippen molar-refractivity contribution < 1.29 is 4.57 Å². The number of hydrogen-bond acceptors (Lipinski definition) is 0. The normalized spacial score (nSPS) is 9.70. The van der Waals surface area contributed by atoms with Gasteiger partial charge in [-0.3, -0.25) is 0 Å². The fourth-order valence-electron chi connectivity index (χ4n) is 0.874. The van der Waals surface area contributed by atoms with Crippen molar-refractivity contribution in [2.45, 2.75) is 13.0 Å². The maximum Gasteiger partial charge on any atom is 0.243 e. The average molecular weight is 137 g/mol. The van der Waals surface area contributed by atoms with Crippen molar-refractivity contribution in [3.63, 3.8) is 0 Å². The van der Waals surface area contributed by atoms with Crippen molar-refractivity contribution in [2.24, 2.45) is 7.05 Å². The smallest absolute Gasteiger partial charge is 0.240 e. The van der Waals surface area contributed by atoms with E-state index in [4.69, 9.17) is 0 Å². The average Bonchev–Trinajstić information content (AvgIpc) is 2.31. The molecule has 1 aromatic rings. The van der Waals surface area contributed by atoms with E-state index in [1.807, 2.05) is 23.9 Å². The Balaban J connectivity index is 2.49. The van der Waals surface area contributed by atoms with Gasteiger partial charge in [-0.15, -0.1) is 6.58 Å². The van der Waals surface area contributed by atoms with Gasteiger partial charge in [0.15, 0.2) is 0 Å². The number of aryl methyl sites for hydroxylation is 2. The van der Waals surface area contributed by atoms with Crippen molar-refractivity contribution >= 4 is 0 Å². The van der Waals surface area contributed by atoms with Crippen LogP contribution < -0.4 is 4.57 Å². The van der Waals surface area contributed by atoms with Gasteiger partial charge in [0.05, 0.1) is 13.6 Å². The molecule has 0 aliphatic carbocycles. The van der Waals surface area contributed by atoms with Crippen molar-refractivity contribution in [3.8, 4) is 0 Å². The quantitative estimate of drug-likeness (QED) is 0.432. The summed E-state index contributed by atoms with van der Waals surface area (Å²) in [6.45, 7) is 4.69. The van der Waals surface area contributed by atoms with Gasteiger partial charge in [0, 0.05) is 6.42 Å². The molecule has 0 atom stereocenters. The Morgan fingerprint density at radius 3 is 3.00 bits per heavy atom. The van der Waals surface area contributed by atoms with Gasteiger partial charge >= 0.3 is 0 Å². The fraction of sp³-hybridized carbons (Fsp3) is 0.375. The number of imidazole rings is 1. The van der Waals surface area contributed by atoms with Crippen LogP contribution in [0.25, 0.3) is 0 Å². The molecule has 0 bridgehead atoms. The summed E-state index contributed by atoms with van der Waals surface area (Å²) in [5, 5.41) is 0. The number of hydrogen-bond donors (Lipinski definition) is 0. The minimum Gasteiger partial charge on any atom is -0.240 e. The molecule has 1 rings (SSSR count). The predicted octanol–water partition coefficient (Wildman–Crippen LogP) is 0.889. The molecule has 0 aliphatic rings. The van der Waals surface area contributed by atoms with Gasteiger partial charge in [-0.2, -0.15) is 0 Å². The molecule has 0 fully saturated rings. The Kier molecular flexibility index (Phi) is 2.26. The molecule has 0 saturated carbocycles. The van der Waals surface area contributed by atoms with Gasteiger partial charge in [0.25, 0.3) is 0 Å². The highest BCUT2D eigenvalue weighted by Crippen LogP contribution is 1.81. The SMILES string of the molecule is C=CCC[n+]1ccn(C)c1. The summed E-state index contributed by atoms with van der Waals surface area (Å²) in [6, 6.07) is 0. The summed E-state index contributed by atoms with van der Waals surface area (Å²) >= 11 is 0. The summed E-state index contributed by atoms with van der Waals surface area (Å²) in [5.41, 5.74) is 0. The second-order valence-electron chi connectivity index (χ2n) is 2.39. The zero-order valence-corrected chi connectivity index (χ0v) is 6.33. The zero-order chi connectivity index (χ0) is 7.40. The molecule has 1 aromatic heterocycles.